The van der Waals surface area contributed by atoms with E-state index < -0.39 is 28.0 Å². The molecule has 6 nitrogen and oxygen atoms in total. The Morgan fingerprint density at radius 2 is 2.00 bits per heavy atom. The lowest BCUT2D eigenvalue weighted by Crippen LogP contribution is -2.46. The quantitative estimate of drug-likeness (QED) is 0.841. The molecule has 21 heavy (non-hydrogen) atoms. The maximum Gasteiger partial charge on any atom is 0.310 e. The number of nitrogens with zero attached hydrogens (tertiary/aromatic N) is 1. The van der Waals surface area contributed by atoms with Gasteiger partial charge >= 0.3 is 5.97 Å². The predicted molar refractivity (Wildman–Crippen MR) is 79.4 cm³/mol. The second-order valence-corrected chi connectivity index (χ2v) is 7.52. The molecule has 1 aliphatic heterocycles. The van der Waals surface area contributed by atoms with Crippen LogP contribution in [0.1, 0.15) is 6.92 Å². The van der Waals surface area contributed by atoms with E-state index in [0.29, 0.717) is 0 Å². The van der Waals surface area contributed by atoms with Crippen LogP contribution in [0, 0.1) is 5.92 Å². The van der Waals surface area contributed by atoms with E-state index in [-0.39, 0.29) is 24.7 Å². The number of carbonyl (C=O) groups is 1. The minimum Gasteiger partial charge on any atom is -0.481 e. The van der Waals surface area contributed by atoms with Gasteiger partial charge in [-0.3, -0.25) is 4.79 Å². The molecule has 0 amide bonds. The molecule has 2 rings (SSSR count). The third-order valence-electron chi connectivity index (χ3n) is 3.47. The van der Waals surface area contributed by atoms with E-state index in [2.05, 4.69) is 15.9 Å². The lowest BCUT2D eigenvalue weighted by molar-refractivity contribution is -0.142. The second-order valence-electron chi connectivity index (χ2n) is 4.71. The fourth-order valence-electron chi connectivity index (χ4n) is 2.39. The summed E-state index contributed by atoms with van der Waals surface area (Å²) >= 11 is 3.26. The first-order valence-electron chi connectivity index (χ1n) is 6.46. The Morgan fingerprint density at radius 1 is 1.38 bits per heavy atom. The molecule has 0 spiro atoms. The Labute approximate surface area is 131 Å². The van der Waals surface area contributed by atoms with E-state index >= 15 is 0 Å². The highest BCUT2D eigenvalue weighted by Crippen LogP contribution is 2.27. The number of likely N-dealkylation sites (N-methyl/N-ethyl adjacent to an activating group) is 1. The van der Waals surface area contributed by atoms with Gasteiger partial charge in [0.2, 0.25) is 10.0 Å². The zero-order valence-electron chi connectivity index (χ0n) is 11.4. The number of hydrogen-bond acceptors (Lipinski definition) is 4. The van der Waals surface area contributed by atoms with E-state index in [1.165, 1.54) is 16.4 Å². The number of halogens is 1. The Bertz CT molecular complexity index is 616. The SMILES string of the molecule is CCN(C1COCC1C(=O)O)S(=O)(=O)c1ccc(Br)cc1. The van der Waals surface area contributed by atoms with E-state index in [9.17, 15) is 18.3 Å². The third kappa shape index (κ3) is 3.28. The number of sulfonamides is 1. The van der Waals surface area contributed by atoms with Crippen molar-refractivity contribution in [3.8, 4) is 0 Å². The van der Waals surface area contributed by atoms with Crippen LogP contribution in [0.5, 0.6) is 0 Å². The van der Waals surface area contributed by atoms with E-state index in [0.717, 1.165) is 4.47 Å². The number of ether oxygens (including phenoxy) is 1. The molecule has 0 aromatic heterocycles. The molecule has 2 unspecified atom stereocenters. The van der Waals surface area contributed by atoms with Crippen molar-refractivity contribution in [1.29, 1.82) is 0 Å². The Hall–Kier alpha value is -0.960. The second kappa shape index (κ2) is 6.43. The normalized spacial score (nSPS) is 22.6. The van der Waals surface area contributed by atoms with Gasteiger partial charge in [-0.05, 0) is 24.3 Å². The minimum absolute atomic E-state index is 0.0341. The van der Waals surface area contributed by atoms with Crippen molar-refractivity contribution in [3.05, 3.63) is 28.7 Å². The van der Waals surface area contributed by atoms with Gasteiger partial charge in [-0.2, -0.15) is 4.31 Å². The van der Waals surface area contributed by atoms with Crippen LogP contribution in [0.25, 0.3) is 0 Å². The van der Waals surface area contributed by atoms with Crippen LogP contribution in [-0.4, -0.2) is 49.6 Å². The summed E-state index contributed by atoms with van der Waals surface area (Å²) in [5.41, 5.74) is 0. The Kier molecular flexibility index (Phi) is 5.03. The summed E-state index contributed by atoms with van der Waals surface area (Å²) in [6.07, 6.45) is 0. The molecule has 0 aliphatic carbocycles. The molecule has 8 heteroatoms. The van der Waals surface area contributed by atoms with Gasteiger partial charge in [0.25, 0.3) is 0 Å². The molecule has 1 aromatic rings. The summed E-state index contributed by atoms with van der Waals surface area (Å²) in [5, 5.41) is 9.19. The number of hydrogen-bond donors (Lipinski definition) is 1. The molecule has 0 saturated carbocycles. The molecule has 1 heterocycles. The van der Waals surface area contributed by atoms with Gasteiger partial charge in [0.15, 0.2) is 0 Å². The highest BCUT2D eigenvalue weighted by Gasteiger charge is 2.42. The standard InChI is InChI=1S/C13H16BrNO5S/c1-2-15(12-8-20-7-11(12)13(16)17)21(18,19)10-5-3-9(14)4-6-10/h3-6,11-12H,2,7-8H2,1H3,(H,16,17). The molecule has 1 N–H and O–H groups in total. The molecular weight excluding hydrogens is 362 g/mol. The summed E-state index contributed by atoms with van der Waals surface area (Å²) in [4.78, 5) is 11.4. The van der Waals surface area contributed by atoms with Crippen molar-refractivity contribution in [2.75, 3.05) is 19.8 Å². The predicted octanol–water partition coefficient (Wildman–Crippen LogP) is 1.56. The zero-order valence-corrected chi connectivity index (χ0v) is 13.8. The van der Waals surface area contributed by atoms with E-state index in [1.54, 1.807) is 19.1 Å². The fourth-order valence-corrected chi connectivity index (χ4v) is 4.31. The van der Waals surface area contributed by atoms with E-state index in [1.807, 2.05) is 0 Å². The van der Waals surface area contributed by atoms with Gasteiger partial charge in [0, 0.05) is 11.0 Å². The van der Waals surface area contributed by atoms with Crippen LogP contribution in [0.15, 0.2) is 33.6 Å². The average Bonchev–Trinajstić information content (AvgIpc) is 2.89. The maximum absolute atomic E-state index is 12.7. The molecular formula is C13H16BrNO5S. The van der Waals surface area contributed by atoms with Crippen molar-refractivity contribution < 1.29 is 23.1 Å². The number of rotatable bonds is 5. The van der Waals surface area contributed by atoms with Gasteiger partial charge in [-0.25, -0.2) is 8.42 Å². The molecule has 1 saturated heterocycles. The van der Waals surface area contributed by atoms with Crippen LogP contribution >= 0.6 is 15.9 Å². The first kappa shape index (κ1) is 16.4. The van der Waals surface area contributed by atoms with Crippen LogP contribution < -0.4 is 0 Å². The van der Waals surface area contributed by atoms with Crippen molar-refractivity contribution >= 4 is 31.9 Å². The number of carboxylic acid groups (broad SMARTS) is 1. The summed E-state index contributed by atoms with van der Waals surface area (Å²) in [6, 6.07) is 5.59. The van der Waals surface area contributed by atoms with Crippen LogP contribution in [0.4, 0.5) is 0 Å². The summed E-state index contributed by atoms with van der Waals surface area (Å²) < 4.78 is 32.5. The summed E-state index contributed by atoms with van der Waals surface area (Å²) in [7, 11) is -3.75. The summed E-state index contributed by atoms with van der Waals surface area (Å²) in [5.74, 6) is -1.88. The monoisotopic (exact) mass is 377 g/mol. The van der Waals surface area contributed by atoms with Crippen LogP contribution in [0.3, 0.4) is 0 Å². The van der Waals surface area contributed by atoms with Crippen LogP contribution in [-0.2, 0) is 19.6 Å². The minimum atomic E-state index is -3.75. The highest BCUT2D eigenvalue weighted by molar-refractivity contribution is 9.10. The van der Waals surface area contributed by atoms with Crippen molar-refractivity contribution in [1.82, 2.24) is 4.31 Å². The first-order chi connectivity index (χ1) is 9.87. The zero-order chi connectivity index (χ0) is 15.6. The molecule has 2 atom stereocenters. The average molecular weight is 378 g/mol. The number of benzene rings is 1. The van der Waals surface area contributed by atoms with Gasteiger partial charge < -0.3 is 9.84 Å². The molecule has 116 valence electrons. The smallest absolute Gasteiger partial charge is 0.310 e. The fraction of sp³-hybridized carbons (Fsp3) is 0.462. The van der Waals surface area contributed by atoms with E-state index in [4.69, 9.17) is 4.74 Å². The first-order valence-corrected chi connectivity index (χ1v) is 8.69. The molecule has 1 fully saturated rings. The molecule has 0 radical (unpaired) electrons. The Balaban J connectivity index is 2.35. The van der Waals surface area contributed by atoms with Crippen LogP contribution in [0.2, 0.25) is 0 Å². The Morgan fingerprint density at radius 3 is 2.52 bits per heavy atom. The van der Waals surface area contributed by atoms with Gasteiger partial charge in [-0.1, -0.05) is 22.9 Å². The lowest BCUT2D eigenvalue weighted by atomic mass is 10.0. The van der Waals surface area contributed by atoms with Crippen molar-refractivity contribution in [3.63, 3.8) is 0 Å². The summed E-state index contributed by atoms with van der Waals surface area (Å²) in [6.45, 7) is 2.01. The third-order valence-corrected chi connectivity index (χ3v) is 6.01. The lowest BCUT2D eigenvalue weighted by Gasteiger charge is -2.28. The topological polar surface area (TPSA) is 83.9 Å². The maximum atomic E-state index is 12.7. The largest absolute Gasteiger partial charge is 0.481 e. The van der Waals surface area contributed by atoms with Gasteiger partial charge in [0.1, 0.15) is 0 Å². The highest BCUT2D eigenvalue weighted by atomic mass is 79.9. The van der Waals surface area contributed by atoms with Gasteiger partial charge in [0.05, 0.1) is 30.1 Å². The molecule has 1 aliphatic rings. The molecule has 0 bridgehead atoms. The van der Waals surface area contributed by atoms with Crippen molar-refractivity contribution in [2.45, 2.75) is 17.9 Å². The number of carboxylic acids is 1. The number of aliphatic carboxylic acids is 1. The molecule has 1 aromatic carbocycles. The van der Waals surface area contributed by atoms with Crippen molar-refractivity contribution in [2.24, 2.45) is 5.92 Å². The van der Waals surface area contributed by atoms with Gasteiger partial charge in [-0.15, -0.1) is 0 Å².